The van der Waals surface area contributed by atoms with E-state index in [2.05, 4.69) is 52.8 Å². The third-order valence-corrected chi connectivity index (χ3v) is 5.02. The lowest BCUT2D eigenvalue weighted by Crippen LogP contribution is -2.02. The molecule has 0 saturated carbocycles. The van der Waals surface area contributed by atoms with Gasteiger partial charge in [-0.2, -0.15) is 0 Å². The molecular weight excluding hydrogens is 308 g/mol. The zero-order chi connectivity index (χ0) is 18.9. The van der Waals surface area contributed by atoms with Crippen LogP contribution in [-0.2, 0) is 9.53 Å². The van der Waals surface area contributed by atoms with Gasteiger partial charge in [0.25, 0.3) is 0 Å². The van der Waals surface area contributed by atoms with E-state index in [-0.39, 0.29) is 11.4 Å². The van der Waals surface area contributed by atoms with Crippen molar-refractivity contribution in [2.24, 2.45) is 0 Å². The van der Waals surface area contributed by atoms with Gasteiger partial charge in [0, 0.05) is 6.42 Å². The third kappa shape index (κ3) is 10.4. The standard InChI is InChI=1S/C23H38O2/c1-18(10-7-11-19(2)14-9-15-21(4)24)12-8-13-20(3)16-17-22-23(5,6)25-22/h10,13-14,22H,7-9,11-12,15-17H2,1-6H3/b18-10+,19-14+,20-13+. The second kappa shape index (κ2) is 10.8. The second-order valence-electron chi connectivity index (χ2n) is 8.22. The first-order valence-corrected chi connectivity index (χ1v) is 9.85. The van der Waals surface area contributed by atoms with Crippen molar-refractivity contribution in [2.45, 2.75) is 105 Å². The number of epoxide rings is 1. The molecule has 0 bridgehead atoms. The van der Waals surface area contributed by atoms with Gasteiger partial charge in [0.05, 0.1) is 11.7 Å². The summed E-state index contributed by atoms with van der Waals surface area (Å²) in [6.07, 6.45) is 15.8. The van der Waals surface area contributed by atoms with Gasteiger partial charge in [0.2, 0.25) is 0 Å². The first-order chi connectivity index (χ1) is 11.7. The van der Waals surface area contributed by atoms with Crippen molar-refractivity contribution in [2.75, 3.05) is 0 Å². The van der Waals surface area contributed by atoms with Crippen LogP contribution in [-0.4, -0.2) is 17.5 Å². The van der Waals surface area contributed by atoms with Crippen molar-refractivity contribution in [1.29, 1.82) is 0 Å². The van der Waals surface area contributed by atoms with E-state index in [0.29, 0.717) is 12.5 Å². The topological polar surface area (TPSA) is 29.6 Å². The molecule has 0 amide bonds. The van der Waals surface area contributed by atoms with E-state index in [9.17, 15) is 4.79 Å². The molecule has 0 radical (unpaired) electrons. The highest BCUT2D eigenvalue weighted by Crippen LogP contribution is 2.38. The molecule has 1 heterocycles. The highest BCUT2D eigenvalue weighted by molar-refractivity contribution is 5.75. The molecule has 0 aromatic heterocycles. The molecule has 0 aromatic rings. The van der Waals surface area contributed by atoms with Crippen LogP contribution in [0.25, 0.3) is 0 Å². The molecule has 1 fully saturated rings. The normalized spacial score (nSPS) is 20.7. The number of allylic oxidation sites excluding steroid dienone is 6. The second-order valence-corrected chi connectivity index (χ2v) is 8.22. The van der Waals surface area contributed by atoms with Gasteiger partial charge in [-0.05, 0) is 86.5 Å². The molecule has 1 atom stereocenters. The van der Waals surface area contributed by atoms with E-state index < -0.39 is 0 Å². The number of ketones is 1. The summed E-state index contributed by atoms with van der Waals surface area (Å²) in [5.74, 6) is 0.275. The van der Waals surface area contributed by atoms with Gasteiger partial charge in [-0.3, -0.25) is 0 Å². The summed E-state index contributed by atoms with van der Waals surface area (Å²) in [5, 5.41) is 0. The van der Waals surface area contributed by atoms with Crippen molar-refractivity contribution in [3.05, 3.63) is 34.9 Å². The Bertz CT molecular complexity index is 520. The van der Waals surface area contributed by atoms with Crippen molar-refractivity contribution in [1.82, 2.24) is 0 Å². The molecule has 0 spiro atoms. The summed E-state index contributed by atoms with van der Waals surface area (Å²) in [6, 6.07) is 0. The lowest BCUT2D eigenvalue weighted by atomic mass is 10.0. The summed E-state index contributed by atoms with van der Waals surface area (Å²) < 4.78 is 5.64. The zero-order valence-corrected chi connectivity index (χ0v) is 17.3. The molecule has 2 heteroatoms. The Hall–Kier alpha value is -1.15. The van der Waals surface area contributed by atoms with Gasteiger partial charge in [-0.25, -0.2) is 0 Å². The summed E-state index contributed by atoms with van der Waals surface area (Å²) in [7, 11) is 0. The lowest BCUT2D eigenvalue weighted by Gasteiger charge is -2.03. The molecule has 1 unspecified atom stereocenters. The Kier molecular flexibility index (Phi) is 9.42. The molecule has 1 saturated heterocycles. The maximum atomic E-state index is 10.9. The van der Waals surface area contributed by atoms with Crippen molar-refractivity contribution < 1.29 is 9.53 Å². The molecule has 1 aliphatic heterocycles. The molecule has 2 nitrogen and oxygen atoms in total. The Morgan fingerprint density at radius 2 is 1.20 bits per heavy atom. The van der Waals surface area contributed by atoms with Gasteiger partial charge in [0.15, 0.2) is 0 Å². The number of hydrogen-bond donors (Lipinski definition) is 0. The van der Waals surface area contributed by atoms with E-state index in [1.807, 2.05) is 0 Å². The molecule has 1 rings (SSSR count). The third-order valence-electron chi connectivity index (χ3n) is 5.02. The van der Waals surface area contributed by atoms with Crippen molar-refractivity contribution in [3.63, 3.8) is 0 Å². The monoisotopic (exact) mass is 346 g/mol. The van der Waals surface area contributed by atoms with Crippen LogP contribution in [0.5, 0.6) is 0 Å². The fourth-order valence-electron chi connectivity index (χ4n) is 3.02. The smallest absolute Gasteiger partial charge is 0.130 e. The Labute approximate surface area is 155 Å². The summed E-state index contributed by atoms with van der Waals surface area (Å²) in [6.45, 7) is 12.6. The van der Waals surface area contributed by atoms with Crippen molar-refractivity contribution in [3.8, 4) is 0 Å². The van der Waals surface area contributed by atoms with Crippen LogP contribution < -0.4 is 0 Å². The van der Waals surface area contributed by atoms with E-state index in [1.165, 1.54) is 16.7 Å². The minimum atomic E-state index is 0.123. The molecule has 0 N–H and O–H groups in total. The van der Waals surface area contributed by atoms with E-state index in [0.717, 1.165) is 44.9 Å². The first kappa shape index (κ1) is 21.9. The maximum Gasteiger partial charge on any atom is 0.130 e. The predicted molar refractivity (Wildman–Crippen MR) is 108 cm³/mol. The molecule has 0 aromatic carbocycles. The average molecular weight is 347 g/mol. The number of rotatable bonds is 12. The molecule has 0 aliphatic carbocycles. The summed E-state index contributed by atoms with van der Waals surface area (Å²) >= 11 is 0. The minimum absolute atomic E-state index is 0.123. The van der Waals surface area contributed by atoms with E-state index in [1.54, 1.807) is 6.92 Å². The Balaban J connectivity index is 2.15. The fraction of sp³-hybridized carbons (Fsp3) is 0.696. The number of hydrogen-bond acceptors (Lipinski definition) is 2. The van der Waals surface area contributed by atoms with E-state index in [4.69, 9.17) is 4.74 Å². The van der Waals surface area contributed by atoms with Gasteiger partial charge in [-0.15, -0.1) is 0 Å². The SMILES string of the molecule is CC(=O)CC/C=C(\C)CC/C=C(\C)CC/C=C(\C)CCC1OC1(C)C. The average Bonchev–Trinajstić information content (AvgIpc) is 3.12. The lowest BCUT2D eigenvalue weighted by molar-refractivity contribution is -0.116. The van der Waals surface area contributed by atoms with Gasteiger partial charge in [0.1, 0.15) is 5.78 Å². The van der Waals surface area contributed by atoms with Crippen LogP contribution >= 0.6 is 0 Å². The number of carbonyl (C=O) groups is 1. The van der Waals surface area contributed by atoms with E-state index >= 15 is 0 Å². The molecule has 1 aliphatic rings. The maximum absolute atomic E-state index is 10.9. The number of carbonyl (C=O) groups excluding carboxylic acids is 1. The van der Waals surface area contributed by atoms with Crippen LogP contribution in [0, 0.1) is 0 Å². The number of ether oxygens (including phenoxy) is 1. The van der Waals surface area contributed by atoms with Crippen LogP contribution in [0.15, 0.2) is 34.9 Å². The molecular formula is C23H38O2. The van der Waals surface area contributed by atoms with Crippen LogP contribution in [0.2, 0.25) is 0 Å². The Morgan fingerprint density at radius 3 is 1.60 bits per heavy atom. The minimum Gasteiger partial charge on any atom is -0.367 e. The highest BCUT2D eigenvalue weighted by atomic mass is 16.6. The van der Waals surface area contributed by atoms with Gasteiger partial charge >= 0.3 is 0 Å². The molecule has 25 heavy (non-hydrogen) atoms. The Morgan fingerprint density at radius 1 is 0.800 bits per heavy atom. The predicted octanol–water partition coefficient (Wildman–Crippen LogP) is 6.71. The summed E-state index contributed by atoms with van der Waals surface area (Å²) in [4.78, 5) is 10.9. The molecule has 142 valence electrons. The first-order valence-electron chi connectivity index (χ1n) is 9.85. The number of Topliss-reactive ketones (excluding diaryl/α,β-unsaturated/α-hetero) is 1. The van der Waals surface area contributed by atoms with Crippen LogP contribution in [0.4, 0.5) is 0 Å². The highest BCUT2D eigenvalue weighted by Gasteiger charge is 2.46. The van der Waals surface area contributed by atoms with Crippen molar-refractivity contribution >= 4 is 5.78 Å². The van der Waals surface area contributed by atoms with Crippen LogP contribution in [0.1, 0.15) is 92.9 Å². The fourth-order valence-corrected chi connectivity index (χ4v) is 3.02. The quantitative estimate of drug-likeness (QED) is 0.290. The van der Waals surface area contributed by atoms with Crippen LogP contribution in [0.3, 0.4) is 0 Å². The van der Waals surface area contributed by atoms with Gasteiger partial charge < -0.3 is 9.53 Å². The zero-order valence-electron chi connectivity index (χ0n) is 17.3. The van der Waals surface area contributed by atoms with Gasteiger partial charge in [-0.1, -0.05) is 34.9 Å². The summed E-state index contributed by atoms with van der Waals surface area (Å²) in [5.41, 5.74) is 4.49. The largest absolute Gasteiger partial charge is 0.367 e.